The molecule has 1 amide bonds. The van der Waals surface area contributed by atoms with Gasteiger partial charge in [0.15, 0.2) is 0 Å². The smallest absolute Gasteiger partial charge is 0.311 e. The summed E-state index contributed by atoms with van der Waals surface area (Å²) in [6.07, 6.45) is -1.21. The molecule has 0 spiro atoms. The summed E-state index contributed by atoms with van der Waals surface area (Å²) in [6.45, 7) is 1.92. The molecule has 0 saturated carbocycles. The van der Waals surface area contributed by atoms with Crippen molar-refractivity contribution in [2.24, 2.45) is 0 Å². The molecule has 1 N–H and O–H groups in total. The van der Waals surface area contributed by atoms with E-state index in [0.29, 0.717) is 11.3 Å². The van der Waals surface area contributed by atoms with E-state index >= 15 is 0 Å². The minimum atomic E-state index is -1.21. The maximum atomic E-state index is 13.6. The highest BCUT2D eigenvalue weighted by Crippen LogP contribution is 2.32. The molecule has 142 valence electrons. The molecule has 0 aromatic heterocycles. The lowest BCUT2D eigenvalue weighted by molar-refractivity contribution is -0.386. The van der Waals surface area contributed by atoms with Gasteiger partial charge in [0, 0.05) is 23.4 Å². The standard InChI is InChI=1S/C21H17FN2O4/c1-14-7-10-17(11-8-14)23-21(25)20(15-5-3-2-4-6-15)28-19-13-16(22)9-12-18(19)24(26)27/h2-13,20H,1H3,(H,23,25)/t20-/m0/s1. The van der Waals surface area contributed by atoms with Gasteiger partial charge in [-0.05, 0) is 25.1 Å². The van der Waals surface area contributed by atoms with Crippen molar-refractivity contribution in [3.63, 3.8) is 0 Å². The van der Waals surface area contributed by atoms with Crippen LogP contribution in [-0.4, -0.2) is 10.8 Å². The molecule has 0 heterocycles. The van der Waals surface area contributed by atoms with E-state index in [9.17, 15) is 19.3 Å². The van der Waals surface area contributed by atoms with E-state index in [2.05, 4.69) is 5.32 Å². The molecular formula is C21H17FN2O4. The van der Waals surface area contributed by atoms with E-state index in [-0.39, 0.29) is 5.75 Å². The Labute approximate surface area is 160 Å². The van der Waals surface area contributed by atoms with Gasteiger partial charge in [-0.25, -0.2) is 4.39 Å². The molecule has 1 atom stereocenters. The van der Waals surface area contributed by atoms with E-state index in [4.69, 9.17) is 4.74 Å². The van der Waals surface area contributed by atoms with E-state index in [1.54, 1.807) is 42.5 Å². The summed E-state index contributed by atoms with van der Waals surface area (Å²) in [7, 11) is 0. The Morgan fingerprint density at radius 3 is 2.39 bits per heavy atom. The summed E-state index contributed by atoms with van der Waals surface area (Å²) in [6, 6.07) is 18.5. The Hall–Kier alpha value is -3.74. The highest BCUT2D eigenvalue weighted by molar-refractivity contribution is 5.95. The molecule has 0 aliphatic rings. The number of benzene rings is 3. The normalized spacial score (nSPS) is 11.5. The number of amides is 1. The molecule has 0 fully saturated rings. The number of anilines is 1. The van der Waals surface area contributed by atoms with Gasteiger partial charge in [0.2, 0.25) is 11.9 Å². The molecular weight excluding hydrogens is 363 g/mol. The molecule has 0 unspecified atom stereocenters. The van der Waals surface area contributed by atoms with Crippen molar-refractivity contribution < 1.29 is 18.8 Å². The van der Waals surface area contributed by atoms with E-state index < -0.39 is 28.4 Å². The van der Waals surface area contributed by atoms with Gasteiger partial charge in [-0.3, -0.25) is 14.9 Å². The fraction of sp³-hybridized carbons (Fsp3) is 0.0952. The van der Waals surface area contributed by atoms with Crippen LogP contribution in [0.1, 0.15) is 17.2 Å². The van der Waals surface area contributed by atoms with Crippen LogP contribution in [-0.2, 0) is 4.79 Å². The number of hydrogen-bond donors (Lipinski definition) is 1. The topological polar surface area (TPSA) is 81.5 Å². The third kappa shape index (κ3) is 4.50. The summed E-state index contributed by atoms with van der Waals surface area (Å²) in [5.74, 6) is -1.56. The molecule has 0 aliphatic heterocycles. The van der Waals surface area contributed by atoms with Gasteiger partial charge in [0.05, 0.1) is 4.92 Å². The van der Waals surface area contributed by atoms with Gasteiger partial charge in [0.1, 0.15) is 5.82 Å². The lowest BCUT2D eigenvalue weighted by Gasteiger charge is -2.19. The fourth-order valence-electron chi connectivity index (χ4n) is 2.61. The number of aryl methyl sites for hydroxylation is 1. The third-order valence-electron chi connectivity index (χ3n) is 4.02. The maximum absolute atomic E-state index is 13.6. The molecule has 7 heteroatoms. The van der Waals surface area contributed by atoms with Gasteiger partial charge < -0.3 is 10.1 Å². The third-order valence-corrected chi connectivity index (χ3v) is 4.02. The van der Waals surface area contributed by atoms with Crippen LogP contribution in [0.25, 0.3) is 0 Å². The molecule has 3 aromatic rings. The first-order valence-electron chi connectivity index (χ1n) is 8.47. The van der Waals surface area contributed by atoms with E-state index in [0.717, 1.165) is 23.8 Å². The van der Waals surface area contributed by atoms with Crippen LogP contribution in [0.15, 0.2) is 72.8 Å². The SMILES string of the molecule is Cc1ccc(NC(=O)[C@@H](Oc2cc(F)ccc2[N+](=O)[O-])c2ccccc2)cc1. The molecule has 3 aromatic carbocycles. The summed E-state index contributed by atoms with van der Waals surface area (Å²) in [5, 5.41) is 14.0. The number of nitrogens with one attached hydrogen (secondary N) is 1. The molecule has 0 radical (unpaired) electrons. The van der Waals surface area contributed by atoms with E-state index in [1.807, 2.05) is 19.1 Å². The van der Waals surface area contributed by atoms with Crippen molar-refractivity contribution in [3.8, 4) is 5.75 Å². The zero-order chi connectivity index (χ0) is 20.1. The number of halogens is 1. The second kappa shape index (κ2) is 8.30. The summed E-state index contributed by atoms with van der Waals surface area (Å²) in [5.41, 5.74) is 1.63. The average molecular weight is 380 g/mol. The molecule has 0 saturated heterocycles. The Bertz CT molecular complexity index is 991. The molecule has 3 rings (SSSR count). The Morgan fingerprint density at radius 2 is 1.75 bits per heavy atom. The lowest BCUT2D eigenvalue weighted by atomic mass is 10.1. The van der Waals surface area contributed by atoms with Crippen LogP contribution in [0, 0.1) is 22.9 Å². The quantitative estimate of drug-likeness (QED) is 0.492. The zero-order valence-corrected chi connectivity index (χ0v) is 15.0. The molecule has 0 bridgehead atoms. The van der Waals surface area contributed by atoms with Crippen molar-refractivity contribution in [1.82, 2.24) is 0 Å². The van der Waals surface area contributed by atoms with Crippen LogP contribution in [0.4, 0.5) is 15.8 Å². The highest BCUT2D eigenvalue weighted by Gasteiger charge is 2.27. The highest BCUT2D eigenvalue weighted by atomic mass is 19.1. The second-order valence-electron chi connectivity index (χ2n) is 6.13. The average Bonchev–Trinajstić information content (AvgIpc) is 2.68. The predicted octanol–water partition coefficient (Wildman–Crippen LogP) is 4.80. The first-order valence-corrected chi connectivity index (χ1v) is 8.47. The minimum absolute atomic E-state index is 0.321. The van der Waals surface area contributed by atoms with Crippen LogP contribution in [0.5, 0.6) is 5.75 Å². The number of carbonyl (C=O) groups is 1. The summed E-state index contributed by atoms with van der Waals surface area (Å²) >= 11 is 0. The number of carbonyl (C=O) groups excluding carboxylic acids is 1. The fourth-order valence-corrected chi connectivity index (χ4v) is 2.61. The van der Waals surface area contributed by atoms with E-state index in [1.165, 1.54) is 0 Å². The largest absolute Gasteiger partial charge is 0.468 e. The Kier molecular flexibility index (Phi) is 5.64. The van der Waals surface area contributed by atoms with Crippen molar-refractivity contribution in [3.05, 3.63) is 99.9 Å². The number of nitrogens with zero attached hydrogens (tertiary/aromatic N) is 1. The monoisotopic (exact) mass is 380 g/mol. The molecule has 28 heavy (non-hydrogen) atoms. The lowest BCUT2D eigenvalue weighted by Crippen LogP contribution is -2.26. The number of rotatable bonds is 6. The minimum Gasteiger partial charge on any atom is -0.468 e. The van der Waals surface area contributed by atoms with Crippen molar-refractivity contribution in [2.75, 3.05) is 5.32 Å². The van der Waals surface area contributed by atoms with Crippen LogP contribution >= 0.6 is 0 Å². The zero-order valence-electron chi connectivity index (χ0n) is 15.0. The second-order valence-corrected chi connectivity index (χ2v) is 6.13. The van der Waals surface area contributed by atoms with Crippen LogP contribution in [0.3, 0.4) is 0 Å². The first kappa shape index (κ1) is 19.0. The van der Waals surface area contributed by atoms with Gasteiger partial charge in [-0.2, -0.15) is 0 Å². The van der Waals surface area contributed by atoms with Crippen molar-refractivity contribution >= 4 is 17.3 Å². The summed E-state index contributed by atoms with van der Waals surface area (Å²) < 4.78 is 19.3. The predicted molar refractivity (Wildman–Crippen MR) is 103 cm³/mol. The number of hydrogen-bond acceptors (Lipinski definition) is 4. The Morgan fingerprint density at radius 1 is 1.07 bits per heavy atom. The van der Waals surface area contributed by atoms with Gasteiger partial charge in [-0.15, -0.1) is 0 Å². The van der Waals surface area contributed by atoms with Gasteiger partial charge >= 0.3 is 5.69 Å². The molecule has 6 nitrogen and oxygen atoms in total. The van der Waals surface area contributed by atoms with Crippen LogP contribution in [0.2, 0.25) is 0 Å². The van der Waals surface area contributed by atoms with Gasteiger partial charge in [-0.1, -0.05) is 48.0 Å². The Balaban J connectivity index is 1.94. The number of nitro benzene ring substituents is 1. The van der Waals surface area contributed by atoms with Crippen LogP contribution < -0.4 is 10.1 Å². The maximum Gasteiger partial charge on any atom is 0.311 e. The van der Waals surface area contributed by atoms with Crippen molar-refractivity contribution in [2.45, 2.75) is 13.0 Å². The number of nitro groups is 1. The van der Waals surface area contributed by atoms with Crippen molar-refractivity contribution in [1.29, 1.82) is 0 Å². The first-order chi connectivity index (χ1) is 13.4. The molecule has 0 aliphatic carbocycles. The van der Waals surface area contributed by atoms with Gasteiger partial charge in [0.25, 0.3) is 5.91 Å². The number of ether oxygens (including phenoxy) is 1. The summed E-state index contributed by atoms with van der Waals surface area (Å²) in [4.78, 5) is 23.4.